The lowest BCUT2D eigenvalue weighted by molar-refractivity contribution is 0.532. The third-order valence-electron chi connectivity index (χ3n) is 2.82. The number of nitrogens with two attached hydrogens (primary N) is 1. The molecule has 2 heteroatoms. The van der Waals surface area contributed by atoms with Gasteiger partial charge in [-0.1, -0.05) is 13.8 Å². The van der Waals surface area contributed by atoms with Crippen LogP contribution in [0.3, 0.4) is 0 Å². The largest absolute Gasteiger partial charge is 0.398 e. The molecule has 1 aromatic heterocycles. The monoisotopic (exact) mass is 195 g/mol. The minimum Gasteiger partial charge on any atom is -0.398 e. The molecular formula is C11H17NS. The van der Waals surface area contributed by atoms with E-state index in [1.165, 1.54) is 18.4 Å². The molecule has 1 aliphatic carbocycles. The van der Waals surface area contributed by atoms with Gasteiger partial charge in [0, 0.05) is 11.1 Å². The fraction of sp³-hybridized carbons (Fsp3) is 0.636. The molecule has 0 amide bonds. The Morgan fingerprint density at radius 1 is 1.54 bits per heavy atom. The average molecular weight is 195 g/mol. The molecule has 0 aromatic carbocycles. The van der Waals surface area contributed by atoms with Crippen molar-refractivity contribution in [3.8, 4) is 0 Å². The molecule has 0 bridgehead atoms. The maximum Gasteiger partial charge on any atom is 0.0458 e. The Kier molecular flexibility index (Phi) is 2.33. The number of thiophene rings is 1. The summed E-state index contributed by atoms with van der Waals surface area (Å²) in [7, 11) is 0. The number of hydrogen-bond acceptors (Lipinski definition) is 2. The number of anilines is 1. The highest BCUT2D eigenvalue weighted by Crippen LogP contribution is 2.52. The Morgan fingerprint density at radius 2 is 2.31 bits per heavy atom. The van der Waals surface area contributed by atoms with Gasteiger partial charge in [-0.05, 0) is 41.5 Å². The van der Waals surface area contributed by atoms with Gasteiger partial charge in [-0.2, -0.15) is 0 Å². The molecule has 72 valence electrons. The van der Waals surface area contributed by atoms with Gasteiger partial charge >= 0.3 is 0 Å². The second-order valence-corrected chi connectivity index (χ2v) is 5.26. The first-order chi connectivity index (χ1) is 6.18. The molecule has 1 fully saturated rings. The van der Waals surface area contributed by atoms with Crippen molar-refractivity contribution in [1.29, 1.82) is 0 Å². The van der Waals surface area contributed by atoms with Crippen LogP contribution in [0.4, 0.5) is 5.69 Å². The van der Waals surface area contributed by atoms with Crippen LogP contribution < -0.4 is 5.73 Å². The van der Waals surface area contributed by atoms with E-state index in [4.69, 9.17) is 5.73 Å². The molecule has 1 saturated carbocycles. The molecule has 0 radical (unpaired) electrons. The second-order valence-electron chi connectivity index (χ2n) is 4.51. The van der Waals surface area contributed by atoms with Crippen LogP contribution in [0.15, 0.2) is 10.8 Å². The molecular weight excluding hydrogens is 178 g/mol. The second kappa shape index (κ2) is 3.33. The highest BCUT2D eigenvalue weighted by molar-refractivity contribution is 7.08. The predicted molar refractivity (Wildman–Crippen MR) is 59.0 cm³/mol. The van der Waals surface area contributed by atoms with E-state index >= 15 is 0 Å². The van der Waals surface area contributed by atoms with Gasteiger partial charge < -0.3 is 5.73 Å². The number of nitrogen functional groups attached to an aromatic ring is 1. The van der Waals surface area contributed by atoms with Crippen molar-refractivity contribution in [1.82, 2.24) is 0 Å². The molecule has 13 heavy (non-hydrogen) atoms. The lowest BCUT2D eigenvalue weighted by Crippen LogP contribution is -1.92. The van der Waals surface area contributed by atoms with Crippen molar-refractivity contribution in [3.63, 3.8) is 0 Å². The normalized spacial score (nSPS) is 26.7. The highest BCUT2D eigenvalue weighted by Gasteiger charge is 2.39. The van der Waals surface area contributed by atoms with E-state index in [0.29, 0.717) is 0 Å². The third kappa shape index (κ3) is 1.88. The Balaban J connectivity index is 1.96. The topological polar surface area (TPSA) is 26.0 Å². The van der Waals surface area contributed by atoms with Gasteiger partial charge in [-0.3, -0.25) is 0 Å². The summed E-state index contributed by atoms with van der Waals surface area (Å²) in [5, 5.41) is 4.28. The smallest absolute Gasteiger partial charge is 0.0458 e. The molecule has 1 aromatic rings. The lowest BCUT2D eigenvalue weighted by Gasteiger charge is -2.02. The van der Waals surface area contributed by atoms with E-state index in [-0.39, 0.29) is 0 Å². The summed E-state index contributed by atoms with van der Waals surface area (Å²) < 4.78 is 0. The van der Waals surface area contributed by atoms with E-state index in [0.717, 1.165) is 23.4 Å². The molecule has 1 aliphatic rings. The van der Waals surface area contributed by atoms with E-state index in [2.05, 4.69) is 24.6 Å². The summed E-state index contributed by atoms with van der Waals surface area (Å²) in [5.74, 6) is 2.53. The third-order valence-corrected chi connectivity index (χ3v) is 3.60. The molecule has 0 saturated heterocycles. The molecule has 2 N–H and O–H groups in total. The van der Waals surface area contributed by atoms with Gasteiger partial charge in [0.05, 0.1) is 0 Å². The van der Waals surface area contributed by atoms with Gasteiger partial charge in [-0.25, -0.2) is 0 Å². The Morgan fingerprint density at radius 3 is 2.85 bits per heavy atom. The van der Waals surface area contributed by atoms with Crippen LogP contribution in [0.25, 0.3) is 0 Å². The van der Waals surface area contributed by atoms with E-state index in [9.17, 15) is 0 Å². The summed E-state index contributed by atoms with van der Waals surface area (Å²) in [4.78, 5) is 0. The Labute approximate surface area is 84.0 Å². The predicted octanol–water partition coefficient (Wildman–Crippen LogP) is 3.48. The Hall–Kier alpha value is -0.500. The minimum atomic E-state index is 0.786. The zero-order valence-electron chi connectivity index (χ0n) is 8.29. The number of hydrogen-bond donors (Lipinski definition) is 1. The summed E-state index contributed by atoms with van der Waals surface area (Å²) >= 11 is 1.73. The molecule has 2 rings (SSSR count). The molecule has 2 unspecified atom stereocenters. The first-order valence-corrected chi connectivity index (χ1v) is 5.94. The Bertz CT molecular complexity index is 290. The maximum absolute atomic E-state index is 5.88. The van der Waals surface area contributed by atoms with Crippen LogP contribution in [0.2, 0.25) is 0 Å². The van der Waals surface area contributed by atoms with Crippen LogP contribution in [-0.4, -0.2) is 0 Å². The molecule has 1 nitrogen and oxygen atoms in total. The van der Waals surface area contributed by atoms with Crippen molar-refractivity contribution in [2.45, 2.75) is 32.6 Å². The van der Waals surface area contributed by atoms with E-state index in [1.807, 2.05) is 0 Å². The summed E-state index contributed by atoms with van der Waals surface area (Å²) in [6.45, 7) is 4.60. The van der Waals surface area contributed by atoms with Crippen molar-refractivity contribution >= 4 is 17.0 Å². The summed E-state index contributed by atoms with van der Waals surface area (Å²) in [5.41, 5.74) is 8.31. The fourth-order valence-corrected chi connectivity index (χ4v) is 2.92. The summed E-state index contributed by atoms with van der Waals surface area (Å²) in [6.07, 6.45) is 2.72. The zero-order chi connectivity index (χ0) is 9.42. The summed E-state index contributed by atoms with van der Waals surface area (Å²) in [6, 6.07) is 0. The molecule has 0 spiro atoms. The van der Waals surface area contributed by atoms with Gasteiger partial charge in [0.25, 0.3) is 0 Å². The van der Waals surface area contributed by atoms with Gasteiger partial charge in [0.15, 0.2) is 0 Å². The van der Waals surface area contributed by atoms with Crippen LogP contribution in [0.5, 0.6) is 0 Å². The van der Waals surface area contributed by atoms with Crippen LogP contribution >= 0.6 is 11.3 Å². The van der Waals surface area contributed by atoms with Crippen molar-refractivity contribution < 1.29 is 0 Å². The quantitative estimate of drug-likeness (QED) is 0.785. The first kappa shape index (κ1) is 9.07. The first-order valence-electron chi connectivity index (χ1n) is 5.00. The lowest BCUT2D eigenvalue weighted by atomic mass is 10.0. The van der Waals surface area contributed by atoms with Gasteiger partial charge in [-0.15, -0.1) is 11.3 Å². The van der Waals surface area contributed by atoms with Gasteiger partial charge in [0.1, 0.15) is 0 Å². The van der Waals surface area contributed by atoms with Crippen molar-refractivity contribution in [3.05, 3.63) is 16.3 Å². The van der Waals surface area contributed by atoms with E-state index < -0.39 is 0 Å². The fourth-order valence-electron chi connectivity index (χ4n) is 2.11. The zero-order valence-corrected chi connectivity index (χ0v) is 9.10. The maximum atomic E-state index is 5.88. The van der Waals surface area contributed by atoms with Gasteiger partial charge in [0.2, 0.25) is 0 Å². The minimum absolute atomic E-state index is 0.786. The van der Waals surface area contributed by atoms with Crippen molar-refractivity contribution in [2.24, 2.45) is 11.8 Å². The standard InChI is InChI=1S/C11H17NS/c1-7(2)3-8-4-9(8)10-5-13-6-11(10)12/h5-9H,3-4,12H2,1-2H3. The average Bonchev–Trinajstić information content (AvgIpc) is 2.63. The molecule has 2 atom stereocenters. The van der Waals surface area contributed by atoms with Crippen LogP contribution in [0.1, 0.15) is 38.2 Å². The number of rotatable bonds is 3. The van der Waals surface area contributed by atoms with Crippen LogP contribution in [-0.2, 0) is 0 Å². The highest BCUT2D eigenvalue weighted by atomic mass is 32.1. The van der Waals surface area contributed by atoms with Crippen LogP contribution in [0, 0.1) is 11.8 Å². The molecule has 0 aliphatic heterocycles. The molecule has 1 heterocycles. The van der Waals surface area contributed by atoms with Crippen molar-refractivity contribution in [2.75, 3.05) is 5.73 Å². The van der Waals surface area contributed by atoms with E-state index in [1.54, 1.807) is 11.3 Å². The SMILES string of the molecule is CC(C)CC1CC1c1cscc1N.